The van der Waals surface area contributed by atoms with E-state index in [1.165, 1.54) is 0 Å². The van der Waals surface area contributed by atoms with Gasteiger partial charge in [-0.05, 0) is 38.3 Å². The van der Waals surface area contributed by atoms with Gasteiger partial charge < -0.3 is 20.1 Å². The molecule has 0 unspecified atom stereocenters. The highest BCUT2D eigenvalue weighted by atomic mass is 16.5. The SMILES string of the molecule is CCCN(CCO)CC1(CNC)CCOCC1. The molecule has 0 radical (unpaired) electrons. The summed E-state index contributed by atoms with van der Waals surface area (Å²) >= 11 is 0. The van der Waals surface area contributed by atoms with Gasteiger partial charge in [-0.3, -0.25) is 0 Å². The van der Waals surface area contributed by atoms with Crippen molar-refractivity contribution in [1.82, 2.24) is 10.2 Å². The highest BCUT2D eigenvalue weighted by molar-refractivity contribution is 4.86. The van der Waals surface area contributed by atoms with Crippen LogP contribution >= 0.6 is 0 Å². The first-order chi connectivity index (χ1) is 8.26. The van der Waals surface area contributed by atoms with Crippen molar-refractivity contribution in [2.24, 2.45) is 5.41 Å². The molecule has 4 nitrogen and oxygen atoms in total. The predicted molar refractivity (Wildman–Crippen MR) is 70.2 cm³/mol. The van der Waals surface area contributed by atoms with E-state index in [9.17, 15) is 0 Å². The minimum absolute atomic E-state index is 0.256. The second-order valence-electron chi connectivity index (χ2n) is 5.14. The summed E-state index contributed by atoms with van der Waals surface area (Å²) in [4.78, 5) is 2.39. The lowest BCUT2D eigenvalue weighted by molar-refractivity contribution is -0.00561. The zero-order valence-electron chi connectivity index (χ0n) is 11.4. The van der Waals surface area contributed by atoms with Crippen molar-refractivity contribution < 1.29 is 9.84 Å². The van der Waals surface area contributed by atoms with Crippen LogP contribution in [-0.4, -0.2) is 63.1 Å². The summed E-state index contributed by atoms with van der Waals surface area (Å²) in [7, 11) is 2.02. The monoisotopic (exact) mass is 244 g/mol. The van der Waals surface area contributed by atoms with Crippen LogP contribution in [0.5, 0.6) is 0 Å². The zero-order chi connectivity index (χ0) is 12.6. The predicted octanol–water partition coefficient (Wildman–Crippen LogP) is 0.707. The Hall–Kier alpha value is -0.160. The summed E-state index contributed by atoms with van der Waals surface area (Å²) in [6.45, 7) is 8.19. The van der Waals surface area contributed by atoms with Gasteiger partial charge in [0.05, 0.1) is 6.61 Å². The van der Waals surface area contributed by atoms with E-state index < -0.39 is 0 Å². The normalized spacial score (nSPS) is 19.8. The number of nitrogens with zero attached hydrogens (tertiary/aromatic N) is 1. The number of aliphatic hydroxyl groups excluding tert-OH is 1. The molecule has 1 aliphatic heterocycles. The number of aliphatic hydroxyl groups is 1. The number of nitrogens with one attached hydrogen (secondary N) is 1. The van der Waals surface area contributed by atoms with Crippen LogP contribution in [0.2, 0.25) is 0 Å². The van der Waals surface area contributed by atoms with Gasteiger partial charge >= 0.3 is 0 Å². The van der Waals surface area contributed by atoms with E-state index in [-0.39, 0.29) is 6.61 Å². The molecule has 102 valence electrons. The van der Waals surface area contributed by atoms with Crippen molar-refractivity contribution >= 4 is 0 Å². The third kappa shape index (κ3) is 4.92. The van der Waals surface area contributed by atoms with E-state index in [0.717, 1.165) is 58.7 Å². The van der Waals surface area contributed by atoms with Crippen LogP contribution in [0.15, 0.2) is 0 Å². The third-order valence-corrected chi connectivity index (χ3v) is 3.62. The first-order valence-corrected chi connectivity index (χ1v) is 6.82. The maximum atomic E-state index is 9.12. The smallest absolute Gasteiger partial charge is 0.0558 e. The molecule has 0 amide bonds. The van der Waals surface area contributed by atoms with Gasteiger partial charge in [-0.15, -0.1) is 0 Å². The Morgan fingerprint density at radius 2 is 2.00 bits per heavy atom. The van der Waals surface area contributed by atoms with Crippen molar-refractivity contribution in [3.8, 4) is 0 Å². The molecule has 2 N–H and O–H groups in total. The molecular formula is C13H28N2O2. The van der Waals surface area contributed by atoms with E-state index in [4.69, 9.17) is 9.84 Å². The minimum atomic E-state index is 0.256. The van der Waals surface area contributed by atoms with E-state index in [1.807, 2.05) is 7.05 Å². The number of hydrogen-bond acceptors (Lipinski definition) is 4. The Labute approximate surface area is 105 Å². The summed E-state index contributed by atoms with van der Waals surface area (Å²) in [5.41, 5.74) is 0.331. The lowest BCUT2D eigenvalue weighted by Gasteiger charge is -2.41. The molecular weight excluding hydrogens is 216 g/mol. The summed E-state index contributed by atoms with van der Waals surface area (Å²) in [5, 5.41) is 12.4. The molecule has 0 bridgehead atoms. The van der Waals surface area contributed by atoms with Crippen molar-refractivity contribution in [1.29, 1.82) is 0 Å². The molecule has 0 saturated carbocycles. The molecule has 0 aliphatic carbocycles. The summed E-state index contributed by atoms with van der Waals surface area (Å²) in [6.07, 6.45) is 3.39. The Morgan fingerprint density at radius 3 is 2.53 bits per heavy atom. The summed E-state index contributed by atoms with van der Waals surface area (Å²) in [6, 6.07) is 0. The topological polar surface area (TPSA) is 44.7 Å². The van der Waals surface area contributed by atoms with Gasteiger partial charge in [0, 0.05) is 32.8 Å². The van der Waals surface area contributed by atoms with Crippen LogP contribution in [0.4, 0.5) is 0 Å². The van der Waals surface area contributed by atoms with Gasteiger partial charge in [0.25, 0.3) is 0 Å². The number of rotatable bonds is 8. The van der Waals surface area contributed by atoms with Gasteiger partial charge in [-0.1, -0.05) is 6.92 Å². The van der Waals surface area contributed by atoms with Gasteiger partial charge in [-0.2, -0.15) is 0 Å². The lowest BCUT2D eigenvalue weighted by Crippen LogP contribution is -2.47. The van der Waals surface area contributed by atoms with Crippen LogP contribution in [-0.2, 0) is 4.74 Å². The van der Waals surface area contributed by atoms with E-state index in [2.05, 4.69) is 17.1 Å². The van der Waals surface area contributed by atoms with Crippen molar-refractivity contribution in [2.75, 3.05) is 53.0 Å². The fourth-order valence-corrected chi connectivity index (χ4v) is 2.77. The van der Waals surface area contributed by atoms with E-state index in [1.54, 1.807) is 0 Å². The Bertz CT molecular complexity index is 182. The van der Waals surface area contributed by atoms with Crippen LogP contribution in [0.25, 0.3) is 0 Å². The van der Waals surface area contributed by atoms with Gasteiger partial charge in [0.2, 0.25) is 0 Å². The molecule has 1 saturated heterocycles. The molecule has 1 fully saturated rings. The molecule has 4 heteroatoms. The molecule has 0 aromatic carbocycles. The first-order valence-electron chi connectivity index (χ1n) is 6.82. The number of ether oxygens (including phenoxy) is 1. The average Bonchev–Trinajstić information content (AvgIpc) is 2.31. The maximum absolute atomic E-state index is 9.12. The average molecular weight is 244 g/mol. The highest BCUT2D eigenvalue weighted by Gasteiger charge is 2.33. The Kier molecular flexibility index (Phi) is 7.04. The summed E-state index contributed by atoms with van der Waals surface area (Å²) < 4.78 is 5.48. The molecule has 0 aromatic rings. The molecule has 0 aromatic heterocycles. The quantitative estimate of drug-likeness (QED) is 0.660. The molecule has 1 aliphatic rings. The van der Waals surface area contributed by atoms with Crippen LogP contribution < -0.4 is 5.32 Å². The standard InChI is InChI=1S/C13H28N2O2/c1-3-6-15(7-8-16)12-13(11-14-2)4-9-17-10-5-13/h14,16H,3-12H2,1-2H3. The fraction of sp³-hybridized carbons (Fsp3) is 1.00. The first kappa shape index (κ1) is 14.9. The largest absolute Gasteiger partial charge is 0.395 e. The molecule has 1 heterocycles. The minimum Gasteiger partial charge on any atom is -0.395 e. The summed E-state index contributed by atoms with van der Waals surface area (Å²) in [5.74, 6) is 0. The van der Waals surface area contributed by atoms with Crippen LogP contribution in [0, 0.1) is 5.41 Å². The van der Waals surface area contributed by atoms with Crippen molar-refractivity contribution in [3.05, 3.63) is 0 Å². The van der Waals surface area contributed by atoms with Crippen LogP contribution in [0.1, 0.15) is 26.2 Å². The van der Waals surface area contributed by atoms with Crippen molar-refractivity contribution in [2.45, 2.75) is 26.2 Å². The van der Waals surface area contributed by atoms with E-state index in [0.29, 0.717) is 5.41 Å². The molecule has 1 rings (SSSR count). The zero-order valence-corrected chi connectivity index (χ0v) is 11.4. The van der Waals surface area contributed by atoms with Gasteiger partial charge in [0.15, 0.2) is 0 Å². The van der Waals surface area contributed by atoms with Crippen LogP contribution in [0.3, 0.4) is 0 Å². The Morgan fingerprint density at radius 1 is 1.29 bits per heavy atom. The van der Waals surface area contributed by atoms with E-state index >= 15 is 0 Å². The third-order valence-electron chi connectivity index (χ3n) is 3.62. The highest BCUT2D eigenvalue weighted by Crippen LogP contribution is 2.30. The second-order valence-corrected chi connectivity index (χ2v) is 5.14. The van der Waals surface area contributed by atoms with Crippen molar-refractivity contribution in [3.63, 3.8) is 0 Å². The number of hydrogen-bond donors (Lipinski definition) is 2. The molecule has 0 spiro atoms. The molecule has 0 atom stereocenters. The maximum Gasteiger partial charge on any atom is 0.0558 e. The fourth-order valence-electron chi connectivity index (χ4n) is 2.77. The van der Waals surface area contributed by atoms with Gasteiger partial charge in [-0.25, -0.2) is 0 Å². The molecule has 17 heavy (non-hydrogen) atoms. The Balaban J connectivity index is 2.55. The second kappa shape index (κ2) is 8.03. The lowest BCUT2D eigenvalue weighted by atomic mass is 9.79. The van der Waals surface area contributed by atoms with Gasteiger partial charge in [0.1, 0.15) is 0 Å².